The maximum atomic E-state index is 5.83. The van der Waals surface area contributed by atoms with Crippen LogP contribution in [0.15, 0.2) is 12.1 Å². The molecule has 1 rings (SSSR count). The number of hydrogen-bond donors (Lipinski definition) is 0. The molecule has 0 aliphatic carbocycles. The fraction of sp³-hybridized carbons (Fsp3) is 0.538. The van der Waals surface area contributed by atoms with Crippen molar-refractivity contribution in [1.29, 1.82) is 0 Å². The first-order chi connectivity index (χ1) is 8.76. The van der Waals surface area contributed by atoms with Crippen LogP contribution in [0.1, 0.15) is 12.5 Å². The van der Waals surface area contributed by atoms with Gasteiger partial charge in [-0.25, -0.2) is 0 Å². The Morgan fingerprint density at radius 2 is 1.78 bits per heavy atom. The first-order valence-electron chi connectivity index (χ1n) is 5.78. The molecule has 5 heteroatoms. The van der Waals surface area contributed by atoms with Gasteiger partial charge in [-0.05, 0) is 23.4 Å². The summed E-state index contributed by atoms with van der Waals surface area (Å²) in [6.07, 6.45) is 0. The van der Waals surface area contributed by atoms with E-state index in [1.807, 2.05) is 23.9 Å². The largest absolute Gasteiger partial charge is 0.493 e. The zero-order valence-corrected chi connectivity index (χ0v) is 12.6. The Kier molecular flexibility index (Phi) is 7.13. The van der Waals surface area contributed by atoms with Crippen LogP contribution in [-0.2, 0) is 5.88 Å². The molecule has 18 heavy (non-hydrogen) atoms. The molecule has 0 saturated heterocycles. The molecule has 0 heterocycles. The maximum absolute atomic E-state index is 5.83. The smallest absolute Gasteiger partial charge is 0.203 e. The van der Waals surface area contributed by atoms with Gasteiger partial charge in [0.25, 0.3) is 0 Å². The molecule has 0 aromatic heterocycles. The molecule has 3 nitrogen and oxygen atoms in total. The third-order valence-corrected chi connectivity index (χ3v) is 3.53. The molecule has 0 bridgehead atoms. The molecule has 0 atom stereocenters. The Balaban J connectivity index is 2.85. The van der Waals surface area contributed by atoms with Gasteiger partial charge < -0.3 is 14.2 Å². The normalized spacial score (nSPS) is 10.2. The van der Waals surface area contributed by atoms with Gasteiger partial charge in [0.1, 0.15) is 0 Å². The highest BCUT2D eigenvalue weighted by Gasteiger charge is 2.13. The van der Waals surface area contributed by atoms with Gasteiger partial charge in [-0.2, -0.15) is 11.8 Å². The van der Waals surface area contributed by atoms with Crippen LogP contribution in [0, 0.1) is 0 Å². The highest BCUT2D eigenvalue weighted by molar-refractivity contribution is 7.99. The maximum Gasteiger partial charge on any atom is 0.203 e. The summed E-state index contributed by atoms with van der Waals surface area (Å²) in [6.45, 7) is 2.76. The van der Waals surface area contributed by atoms with Crippen LogP contribution < -0.4 is 14.2 Å². The van der Waals surface area contributed by atoms with E-state index in [1.165, 1.54) is 0 Å². The fourth-order valence-corrected chi connectivity index (χ4v) is 2.14. The van der Waals surface area contributed by atoms with Crippen LogP contribution in [0.3, 0.4) is 0 Å². The van der Waals surface area contributed by atoms with Gasteiger partial charge in [0.2, 0.25) is 5.75 Å². The Morgan fingerprint density at radius 3 is 2.22 bits per heavy atom. The molecule has 0 amide bonds. The molecule has 1 aromatic carbocycles. The summed E-state index contributed by atoms with van der Waals surface area (Å²) in [5, 5.41) is 0. The highest BCUT2D eigenvalue weighted by Crippen LogP contribution is 2.38. The molecule has 102 valence electrons. The van der Waals surface area contributed by atoms with Crippen LogP contribution in [-0.4, -0.2) is 32.3 Å². The average molecular weight is 291 g/mol. The van der Waals surface area contributed by atoms with Crippen LogP contribution >= 0.6 is 23.4 Å². The standard InChI is InChI=1S/C13H19ClO3S/c1-4-18-6-5-17-13-11(15-2)7-10(9-14)8-12(13)16-3/h7-8H,4-6,9H2,1-3H3. The van der Waals surface area contributed by atoms with Gasteiger partial charge in [0, 0.05) is 11.6 Å². The second kappa shape index (κ2) is 8.38. The first-order valence-corrected chi connectivity index (χ1v) is 7.47. The summed E-state index contributed by atoms with van der Waals surface area (Å²) >= 11 is 7.66. The molecule has 0 fully saturated rings. The average Bonchev–Trinajstić information content (AvgIpc) is 2.42. The van der Waals surface area contributed by atoms with E-state index < -0.39 is 0 Å². The van der Waals surface area contributed by atoms with Gasteiger partial charge in [-0.1, -0.05) is 6.92 Å². The van der Waals surface area contributed by atoms with E-state index in [-0.39, 0.29) is 0 Å². The van der Waals surface area contributed by atoms with Crippen molar-refractivity contribution in [2.45, 2.75) is 12.8 Å². The van der Waals surface area contributed by atoms with Crippen molar-refractivity contribution >= 4 is 23.4 Å². The third-order valence-electron chi connectivity index (χ3n) is 2.35. The molecule has 0 aliphatic heterocycles. The summed E-state index contributed by atoms with van der Waals surface area (Å²) in [4.78, 5) is 0. The lowest BCUT2D eigenvalue weighted by molar-refractivity contribution is 0.290. The van der Waals surface area contributed by atoms with Gasteiger partial charge >= 0.3 is 0 Å². The number of ether oxygens (including phenoxy) is 3. The monoisotopic (exact) mass is 290 g/mol. The predicted octanol–water partition coefficient (Wildman–Crippen LogP) is 3.57. The SMILES string of the molecule is CCSCCOc1c(OC)cc(CCl)cc1OC. The van der Waals surface area contributed by atoms with Crippen LogP contribution in [0.4, 0.5) is 0 Å². The predicted molar refractivity (Wildman–Crippen MR) is 77.6 cm³/mol. The molecule has 0 radical (unpaired) electrons. The van der Waals surface area contributed by atoms with E-state index in [4.69, 9.17) is 25.8 Å². The number of rotatable bonds is 8. The van der Waals surface area contributed by atoms with E-state index in [9.17, 15) is 0 Å². The number of halogens is 1. The number of benzene rings is 1. The van der Waals surface area contributed by atoms with E-state index in [0.29, 0.717) is 29.7 Å². The van der Waals surface area contributed by atoms with Gasteiger partial charge in [-0.3, -0.25) is 0 Å². The van der Waals surface area contributed by atoms with E-state index in [1.54, 1.807) is 14.2 Å². The summed E-state index contributed by atoms with van der Waals surface area (Å²) in [5.41, 5.74) is 0.945. The summed E-state index contributed by atoms with van der Waals surface area (Å²) < 4.78 is 16.4. The fourth-order valence-electron chi connectivity index (χ4n) is 1.50. The molecule has 0 aliphatic rings. The number of methoxy groups -OCH3 is 2. The van der Waals surface area contributed by atoms with Crippen LogP contribution in [0.25, 0.3) is 0 Å². The summed E-state index contributed by atoms with van der Waals surface area (Å²) in [7, 11) is 3.22. The van der Waals surface area contributed by atoms with Crippen LogP contribution in [0.2, 0.25) is 0 Å². The van der Waals surface area contributed by atoms with E-state index >= 15 is 0 Å². The van der Waals surface area contributed by atoms with Gasteiger partial charge in [-0.15, -0.1) is 11.6 Å². The highest BCUT2D eigenvalue weighted by atomic mass is 35.5. The topological polar surface area (TPSA) is 27.7 Å². The molecule has 1 aromatic rings. The Morgan fingerprint density at radius 1 is 1.17 bits per heavy atom. The van der Waals surface area contributed by atoms with Gasteiger partial charge in [0.05, 0.1) is 20.8 Å². The lowest BCUT2D eigenvalue weighted by Crippen LogP contribution is -2.04. The lowest BCUT2D eigenvalue weighted by atomic mass is 10.2. The molecular weight excluding hydrogens is 272 g/mol. The quantitative estimate of drug-likeness (QED) is 0.540. The number of hydrogen-bond acceptors (Lipinski definition) is 4. The lowest BCUT2D eigenvalue weighted by Gasteiger charge is -2.15. The van der Waals surface area contributed by atoms with Crippen molar-refractivity contribution in [3.63, 3.8) is 0 Å². The minimum absolute atomic E-state index is 0.415. The van der Waals surface area contributed by atoms with E-state index in [0.717, 1.165) is 17.1 Å². The summed E-state index contributed by atoms with van der Waals surface area (Å²) in [5.74, 6) is 4.41. The minimum atomic E-state index is 0.415. The van der Waals surface area contributed by atoms with Crippen molar-refractivity contribution in [2.24, 2.45) is 0 Å². The van der Waals surface area contributed by atoms with Gasteiger partial charge in [0.15, 0.2) is 11.5 Å². The zero-order valence-electron chi connectivity index (χ0n) is 11.0. The third kappa shape index (κ3) is 4.18. The molecule has 0 unspecified atom stereocenters. The second-order valence-corrected chi connectivity index (χ2v) is 5.17. The zero-order chi connectivity index (χ0) is 13.4. The first kappa shape index (κ1) is 15.3. The minimum Gasteiger partial charge on any atom is -0.493 e. The second-order valence-electron chi connectivity index (χ2n) is 3.51. The molecule has 0 N–H and O–H groups in total. The Labute approximate surface area is 118 Å². The van der Waals surface area contributed by atoms with Crippen molar-refractivity contribution < 1.29 is 14.2 Å². The Hall–Kier alpha value is -0.740. The van der Waals surface area contributed by atoms with Crippen molar-refractivity contribution in [3.05, 3.63) is 17.7 Å². The molecule has 0 saturated carbocycles. The van der Waals surface area contributed by atoms with Crippen molar-refractivity contribution in [2.75, 3.05) is 32.3 Å². The molecule has 0 spiro atoms. The number of thioether (sulfide) groups is 1. The summed E-state index contributed by atoms with van der Waals surface area (Å²) in [6, 6.07) is 3.75. The van der Waals surface area contributed by atoms with E-state index in [2.05, 4.69) is 6.92 Å². The van der Waals surface area contributed by atoms with Crippen LogP contribution in [0.5, 0.6) is 17.2 Å². The Bertz CT molecular complexity index is 346. The van der Waals surface area contributed by atoms with Crippen molar-refractivity contribution in [1.82, 2.24) is 0 Å². The van der Waals surface area contributed by atoms with Crippen molar-refractivity contribution in [3.8, 4) is 17.2 Å². The number of alkyl halides is 1. The molecular formula is C13H19ClO3S.